The minimum absolute atomic E-state index is 0.0140. The number of fused-ring (bicyclic) bond motifs is 1. The standard InChI is InChI=1S/C12H13BrN2O3S/c13-7-2-4-19-11(7)12(17)15-3-1-9-8(5-15)14-10(16)6-18-9/h2,4,8-9H,1,3,5-6H2,(H,14,16)/t8-,9+/m1/s1. The van der Waals surface area contributed by atoms with Crippen molar-refractivity contribution in [1.82, 2.24) is 10.2 Å². The molecule has 3 rings (SSSR count). The second-order valence-electron chi connectivity index (χ2n) is 4.66. The summed E-state index contributed by atoms with van der Waals surface area (Å²) in [6.45, 7) is 1.31. The molecular formula is C12H13BrN2O3S. The lowest BCUT2D eigenvalue weighted by molar-refractivity contribution is -0.139. The minimum atomic E-state index is -0.104. The summed E-state index contributed by atoms with van der Waals surface area (Å²) in [5, 5.41) is 4.78. The second kappa shape index (κ2) is 5.22. The quantitative estimate of drug-likeness (QED) is 0.833. The topological polar surface area (TPSA) is 58.6 Å². The molecule has 0 unspecified atom stereocenters. The average Bonchev–Trinajstić information content (AvgIpc) is 2.83. The number of rotatable bonds is 1. The molecule has 19 heavy (non-hydrogen) atoms. The fourth-order valence-corrected chi connectivity index (χ4v) is 3.98. The molecule has 0 saturated carbocycles. The molecule has 0 bridgehead atoms. The van der Waals surface area contributed by atoms with Crippen LogP contribution in [0.2, 0.25) is 0 Å². The Hall–Kier alpha value is -0.920. The maximum atomic E-state index is 12.4. The van der Waals surface area contributed by atoms with Gasteiger partial charge in [-0.2, -0.15) is 0 Å². The molecule has 0 radical (unpaired) electrons. The highest BCUT2D eigenvalue weighted by Crippen LogP contribution is 2.26. The van der Waals surface area contributed by atoms with Crippen molar-refractivity contribution in [3.63, 3.8) is 0 Å². The van der Waals surface area contributed by atoms with E-state index in [1.54, 1.807) is 4.90 Å². The van der Waals surface area contributed by atoms with Gasteiger partial charge in [-0.25, -0.2) is 0 Å². The highest BCUT2D eigenvalue weighted by Gasteiger charge is 2.36. The monoisotopic (exact) mass is 344 g/mol. The number of ether oxygens (including phenoxy) is 1. The van der Waals surface area contributed by atoms with Gasteiger partial charge >= 0.3 is 0 Å². The van der Waals surface area contributed by atoms with Gasteiger partial charge in [0.25, 0.3) is 5.91 Å². The maximum absolute atomic E-state index is 12.4. The van der Waals surface area contributed by atoms with Gasteiger partial charge in [-0.05, 0) is 33.8 Å². The number of hydrogen-bond donors (Lipinski definition) is 1. The lowest BCUT2D eigenvalue weighted by Crippen LogP contribution is -2.61. The summed E-state index contributed by atoms with van der Waals surface area (Å²) in [6, 6.07) is 1.79. The minimum Gasteiger partial charge on any atom is -0.366 e. The Kier molecular flexibility index (Phi) is 3.60. The van der Waals surface area contributed by atoms with Gasteiger partial charge in [-0.1, -0.05) is 0 Å². The summed E-state index contributed by atoms with van der Waals surface area (Å²) < 4.78 is 6.31. The number of carbonyl (C=O) groups is 2. The summed E-state index contributed by atoms with van der Waals surface area (Å²) >= 11 is 4.80. The molecule has 3 heterocycles. The van der Waals surface area contributed by atoms with Crippen molar-refractivity contribution < 1.29 is 14.3 Å². The summed E-state index contributed by atoms with van der Waals surface area (Å²) in [5.74, 6) is -0.0898. The molecule has 7 heteroatoms. The van der Waals surface area contributed by atoms with E-state index in [4.69, 9.17) is 4.74 Å². The van der Waals surface area contributed by atoms with Gasteiger partial charge in [-0.15, -0.1) is 11.3 Å². The molecule has 2 atom stereocenters. The molecule has 0 spiro atoms. The Labute approximate surface area is 123 Å². The largest absolute Gasteiger partial charge is 0.366 e. The fourth-order valence-electron chi connectivity index (χ4n) is 2.47. The zero-order valence-corrected chi connectivity index (χ0v) is 12.5. The highest BCUT2D eigenvalue weighted by molar-refractivity contribution is 9.10. The predicted molar refractivity (Wildman–Crippen MR) is 74.2 cm³/mol. The molecule has 0 aliphatic carbocycles. The summed E-state index contributed by atoms with van der Waals surface area (Å²) in [7, 11) is 0. The molecular weight excluding hydrogens is 332 g/mol. The van der Waals surface area contributed by atoms with Gasteiger partial charge < -0.3 is 15.0 Å². The number of nitrogens with one attached hydrogen (secondary N) is 1. The van der Waals surface area contributed by atoms with E-state index in [2.05, 4.69) is 21.2 Å². The van der Waals surface area contributed by atoms with Crippen LogP contribution in [0.25, 0.3) is 0 Å². The number of piperidine rings is 1. The first-order valence-corrected chi connectivity index (χ1v) is 7.75. The Balaban J connectivity index is 1.72. The first kappa shape index (κ1) is 13.1. The van der Waals surface area contributed by atoms with Crippen LogP contribution in [-0.4, -0.2) is 48.6 Å². The summed E-state index contributed by atoms with van der Waals surface area (Å²) in [6.07, 6.45) is 0.799. The van der Waals surface area contributed by atoms with Gasteiger partial charge in [0.05, 0.1) is 12.1 Å². The third kappa shape index (κ3) is 2.54. The Morgan fingerprint density at radius 3 is 3.16 bits per heavy atom. The number of hydrogen-bond acceptors (Lipinski definition) is 4. The third-order valence-corrected chi connectivity index (χ3v) is 5.25. The van der Waals surface area contributed by atoms with Crippen molar-refractivity contribution >= 4 is 39.1 Å². The number of thiophene rings is 1. The first-order chi connectivity index (χ1) is 9.15. The first-order valence-electron chi connectivity index (χ1n) is 6.08. The van der Waals surface area contributed by atoms with E-state index in [0.717, 1.165) is 10.9 Å². The Bertz CT molecular complexity index is 519. The molecule has 2 saturated heterocycles. The normalized spacial score (nSPS) is 26.8. The number of halogens is 1. The van der Waals surface area contributed by atoms with Crippen molar-refractivity contribution in [1.29, 1.82) is 0 Å². The zero-order chi connectivity index (χ0) is 13.4. The molecule has 0 aromatic carbocycles. The lowest BCUT2D eigenvalue weighted by atomic mass is 10.0. The second-order valence-corrected chi connectivity index (χ2v) is 6.43. The fraction of sp³-hybridized carbons (Fsp3) is 0.500. The molecule has 2 aliphatic heterocycles. The number of amides is 2. The van der Waals surface area contributed by atoms with Crippen molar-refractivity contribution in [3.8, 4) is 0 Å². The molecule has 1 aromatic heterocycles. The van der Waals surface area contributed by atoms with Crippen LogP contribution in [0.3, 0.4) is 0 Å². The van der Waals surface area contributed by atoms with E-state index in [1.807, 2.05) is 11.4 Å². The summed E-state index contributed by atoms with van der Waals surface area (Å²) in [5.41, 5.74) is 0. The zero-order valence-electron chi connectivity index (χ0n) is 10.1. The Morgan fingerprint density at radius 1 is 1.58 bits per heavy atom. The van der Waals surface area contributed by atoms with Gasteiger partial charge in [0.15, 0.2) is 0 Å². The van der Waals surface area contributed by atoms with Crippen LogP contribution in [0.1, 0.15) is 16.1 Å². The van der Waals surface area contributed by atoms with Gasteiger partial charge in [0.1, 0.15) is 11.5 Å². The maximum Gasteiger partial charge on any atom is 0.265 e. The van der Waals surface area contributed by atoms with Crippen molar-refractivity contribution in [2.75, 3.05) is 19.7 Å². The van der Waals surface area contributed by atoms with E-state index in [9.17, 15) is 9.59 Å². The van der Waals surface area contributed by atoms with Gasteiger partial charge in [-0.3, -0.25) is 9.59 Å². The van der Waals surface area contributed by atoms with E-state index < -0.39 is 0 Å². The van der Waals surface area contributed by atoms with Crippen LogP contribution in [0.4, 0.5) is 0 Å². The van der Waals surface area contributed by atoms with E-state index in [1.165, 1.54) is 11.3 Å². The van der Waals surface area contributed by atoms with E-state index >= 15 is 0 Å². The molecule has 2 aliphatic rings. The van der Waals surface area contributed by atoms with Gasteiger partial charge in [0.2, 0.25) is 5.91 Å². The number of carbonyl (C=O) groups excluding carboxylic acids is 2. The molecule has 2 amide bonds. The number of likely N-dealkylation sites (tertiary alicyclic amines) is 1. The van der Waals surface area contributed by atoms with Gasteiger partial charge in [0, 0.05) is 17.6 Å². The molecule has 5 nitrogen and oxygen atoms in total. The van der Waals surface area contributed by atoms with Crippen LogP contribution >= 0.6 is 27.3 Å². The van der Waals surface area contributed by atoms with Crippen molar-refractivity contribution in [3.05, 3.63) is 20.8 Å². The Morgan fingerprint density at radius 2 is 2.42 bits per heavy atom. The lowest BCUT2D eigenvalue weighted by Gasteiger charge is -2.40. The number of nitrogens with zero attached hydrogens (tertiary/aromatic N) is 1. The summed E-state index contributed by atoms with van der Waals surface area (Å²) in [4.78, 5) is 26.2. The molecule has 2 fully saturated rings. The van der Waals surface area contributed by atoms with Crippen molar-refractivity contribution in [2.45, 2.75) is 18.6 Å². The molecule has 102 valence electrons. The smallest absolute Gasteiger partial charge is 0.265 e. The molecule has 1 aromatic rings. The number of morpholine rings is 1. The van der Waals surface area contributed by atoms with E-state index in [-0.39, 0.29) is 30.6 Å². The van der Waals surface area contributed by atoms with Crippen LogP contribution in [-0.2, 0) is 9.53 Å². The third-order valence-electron chi connectivity index (χ3n) is 3.42. The van der Waals surface area contributed by atoms with E-state index in [0.29, 0.717) is 18.0 Å². The van der Waals surface area contributed by atoms with Crippen LogP contribution in [0, 0.1) is 0 Å². The average molecular weight is 345 g/mol. The highest BCUT2D eigenvalue weighted by atomic mass is 79.9. The van der Waals surface area contributed by atoms with Crippen LogP contribution in [0.5, 0.6) is 0 Å². The SMILES string of the molecule is O=C1CO[C@H]2CCN(C(=O)c3sccc3Br)C[C@H]2N1. The van der Waals surface area contributed by atoms with Crippen LogP contribution < -0.4 is 5.32 Å². The predicted octanol–water partition coefficient (Wildman–Crippen LogP) is 1.24. The molecule has 1 N–H and O–H groups in total. The van der Waals surface area contributed by atoms with Crippen molar-refractivity contribution in [2.24, 2.45) is 0 Å². The van der Waals surface area contributed by atoms with Crippen LogP contribution in [0.15, 0.2) is 15.9 Å².